The summed E-state index contributed by atoms with van der Waals surface area (Å²) in [6, 6.07) is 0. The lowest BCUT2D eigenvalue weighted by atomic mass is 10.2. The van der Waals surface area contributed by atoms with E-state index in [0.717, 1.165) is 24.7 Å². The number of unbranched alkanes of at least 4 members (excludes halogenated alkanes) is 2. The van der Waals surface area contributed by atoms with Gasteiger partial charge in [0.15, 0.2) is 0 Å². The Hall–Kier alpha value is -1.38. The van der Waals surface area contributed by atoms with Crippen LogP contribution in [0.1, 0.15) is 19.3 Å². The summed E-state index contributed by atoms with van der Waals surface area (Å²) in [5, 5.41) is 0. The third kappa shape index (κ3) is 3.69. The highest BCUT2D eigenvalue weighted by Crippen LogP contribution is 2.07. The number of carbonyl (C=O) groups excluding carboxylic acids is 2. The van der Waals surface area contributed by atoms with Crippen LogP contribution in [-0.4, -0.2) is 18.9 Å². The molecule has 0 aliphatic carbocycles. The maximum Gasteiger partial charge on any atom is 0.331 e. The Balaban J connectivity index is 2.20. The summed E-state index contributed by atoms with van der Waals surface area (Å²) in [6.45, 7) is 0.378. The van der Waals surface area contributed by atoms with Crippen LogP contribution in [0.3, 0.4) is 0 Å². The molecule has 1 aliphatic heterocycles. The van der Waals surface area contributed by atoms with Gasteiger partial charge in [0.2, 0.25) is 0 Å². The molecule has 0 spiro atoms. The molecule has 70 valence electrons. The first-order valence-electron chi connectivity index (χ1n) is 4.30. The van der Waals surface area contributed by atoms with Gasteiger partial charge in [0.25, 0.3) is 0 Å². The summed E-state index contributed by atoms with van der Waals surface area (Å²) < 4.78 is 4.70. The van der Waals surface area contributed by atoms with Crippen molar-refractivity contribution in [2.24, 2.45) is 0 Å². The van der Waals surface area contributed by atoms with Crippen LogP contribution < -0.4 is 0 Å². The number of aldehydes is 1. The molecule has 0 unspecified atom stereocenters. The van der Waals surface area contributed by atoms with Gasteiger partial charge in [0.05, 0.1) is 0 Å². The van der Waals surface area contributed by atoms with Gasteiger partial charge in [-0.1, -0.05) is 12.2 Å². The van der Waals surface area contributed by atoms with Gasteiger partial charge in [-0.25, -0.2) is 4.79 Å². The molecule has 0 fully saturated rings. The Kier molecular flexibility index (Phi) is 3.96. The zero-order valence-corrected chi connectivity index (χ0v) is 7.36. The zero-order valence-electron chi connectivity index (χ0n) is 7.36. The van der Waals surface area contributed by atoms with Gasteiger partial charge < -0.3 is 9.53 Å². The number of rotatable bonds is 5. The van der Waals surface area contributed by atoms with Crippen molar-refractivity contribution >= 4 is 12.3 Å². The van der Waals surface area contributed by atoms with Crippen molar-refractivity contribution in [2.75, 3.05) is 6.61 Å². The predicted octanol–water partition coefficient (Wildman–Crippen LogP) is 1.40. The first-order valence-corrected chi connectivity index (χ1v) is 4.30. The Morgan fingerprint density at radius 3 is 2.92 bits per heavy atom. The SMILES string of the molecule is O=CCCC/C=C/C1=CC(=O)OC1. The highest BCUT2D eigenvalue weighted by atomic mass is 16.5. The lowest BCUT2D eigenvalue weighted by molar-refractivity contribution is -0.134. The molecule has 0 saturated carbocycles. The molecule has 0 atom stereocenters. The van der Waals surface area contributed by atoms with Gasteiger partial charge in [-0.3, -0.25) is 0 Å². The maximum atomic E-state index is 10.6. The normalized spacial score (nSPS) is 16.0. The van der Waals surface area contributed by atoms with Crippen LogP contribution in [0.4, 0.5) is 0 Å². The molecular formula is C10H12O3. The van der Waals surface area contributed by atoms with Crippen molar-refractivity contribution in [2.45, 2.75) is 19.3 Å². The third-order valence-electron chi connectivity index (χ3n) is 1.71. The van der Waals surface area contributed by atoms with E-state index in [1.165, 1.54) is 6.08 Å². The van der Waals surface area contributed by atoms with E-state index in [2.05, 4.69) is 0 Å². The Labute approximate surface area is 77.1 Å². The summed E-state index contributed by atoms with van der Waals surface area (Å²) in [5.41, 5.74) is 0.899. The van der Waals surface area contributed by atoms with Crippen LogP contribution in [-0.2, 0) is 14.3 Å². The van der Waals surface area contributed by atoms with Crippen molar-refractivity contribution in [1.82, 2.24) is 0 Å². The van der Waals surface area contributed by atoms with Crippen LogP contribution in [0.25, 0.3) is 0 Å². The molecule has 1 heterocycles. The van der Waals surface area contributed by atoms with Gasteiger partial charge in [-0.15, -0.1) is 0 Å². The number of cyclic esters (lactones) is 1. The third-order valence-corrected chi connectivity index (χ3v) is 1.71. The quantitative estimate of drug-likeness (QED) is 0.365. The molecule has 3 nitrogen and oxygen atoms in total. The zero-order chi connectivity index (χ0) is 9.52. The standard InChI is InChI=1S/C10H12O3/c11-6-4-2-1-3-5-9-7-10(12)13-8-9/h3,5-7H,1-2,4,8H2/b5-3+. The van der Waals surface area contributed by atoms with Gasteiger partial charge in [-0.2, -0.15) is 0 Å². The summed E-state index contributed by atoms with van der Waals surface area (Å²) in [5.74, 6) is -0.271. The Morgan fingerprint density at radius 2 is 2.31 bits per heavy atom. The Morgan fingerprint density at radius 1 is 1.46 bits per heavy atom. The lowest BCUT2D eigenvalue weighted by Gasteiger charge is -1.90. The van der Waals surface area contributed by atoms with Crippen LogP contribution in [0, 0.1) is 0 Å². The number of carbonyl (C=O) groups is 2. The highest BCUT2D eigenvalue weighted by molar-refractivity contribution is 5.85. The maximum absolute atomic E-state index is 10.6. The van der Waals surface area contributed by atoms with Crippen LogP contribution in [0.15, 0.2) is 23.8 Å². The number of hydrogen-bond acceptors (Lipinski definition) is 3. The van der Waals surface area contributed by atoms with Crippen LogP contribution >= 0.6 is 0 Å². The van der Waals surface area contributed by atoms with Gasteiger partial charge >= 0.3 is 5.97 Å². The van der Waals surface area contributed by atoms with E-state index in [9.17, 15) is 9.59 Å². The molecule has 1 aliphatic rings. The van der Waals surface area contributed by atoms with Crippen LogP contribution in [0.5, 0.6) is 0 Å². The second-order valence-corrected chi connectivity index (χ2v) is 2.83. The van der Waals surface area contributed by atoms with E-state index in [1.54, 1.807) is 0 Å². The number of allylic oxidation sites excluding steroid dienone is 1. The lowest BCUT2D eigenvalue weighted by Crippen LogP contribution is -1.90. The second kappa shape index (κ2) is 5.30. The molecule has 0 aromatic carbocycles. The highest BCUT2D eigenvalue weighted by Gasteiger charge is 2.08. The van der Waals surface area contributed by atoms with Gasteiger partial charge in [0.1, 0.15) is 12.9 Å². The van der Waals surface area contributed by atoms with E-state index in [0.29, 0.717) is 13.0 Å². The molecule has 0 radical (unpaired) electrons. The first-order chi connectivity index (χ1) is 6.33. The summed E-state index contributed by atoms with van der Waals surface area (Å²) in [7, 11) is 0. The number of hydrogen-bond donors (Lipinski definition) is 0. The predicted molar refractivity (Wildman–Crippen MR) is 48.1 cm³/mol. The molecule has 0 N–H and O–H groups in total. The second-order valence-electron chi connectivity index (χ2n) is 2.83. The van der Waals surface area contributed by atoms with Crippen LogP contribution in [0.2, 0.25) is 0 Å². The molecule has 3 heteroatoms. The van der Waals surface area contributed by atoms with Crippen molar-refractivity contribution in [1.29, 1.82) is 0 Å². The van der Waals surface area contributed by atoms with E-state index in [4.69, 9.17) is 4.74 Å². The topological polar surface area (TPSA) is 43.4 Å². The average Bonchev–Trinajstić information content (AvgIpc) is 2.51. The van der Waals surface area contributed by atoms with Gasteiger partial charge in [0, 0.05) is 12.5 Å². The van der Waals surface area contributed by atoms with Crippen molar-refractivity contribution < 1.29 is 14.3 Å². The first kappa shape index (κ1) is 9.71. The number of ether oxygens (including phenoxy) is 1. The molecule has 1 rings (SSSR count). The van der Waals surface area contributed by atoms with Crippen molar-refractivity contribution in [3.05, 3.63) is 23.8 Å². The van der Waals surface area contributed by atoms with E-state index in [-0.39, 0.29) is 5.97 Å². The van der Waals surface area contributed by atoms with E-state index >= 15 is 0 Å². The fraction of sp³-hybridized carbons (Fsp3) is 0.400. The Bertz CT molecular complexity index is 251. The molecule has 0 saturated heterocycles. The number of esters is 1. The largest absolute Gasteiger partial charge is 0.458 e. The fourth-order valence-corrected chi connectivity index (χ4v) is 1.04. The van der Waals surface area contributed by atoms with Crippen molar-refractivity contribution in [3.63, 3.8) is 0 Å². The molecule has 0 aromatic rings. The molecule has 0 amide bonds. The fourth-order valence-electron chi connectivity index (χ4n) is 1.04. The molecular weight excluding hydrogens is 168 g/mol. The summed E-state index contributed by atoms with van der Waals surface area (Å²) in [6.07, 6.45) is 8.55. The molecule has 0 aromatic heterocycles. The monoisotopic (exact) mass is 180 g/mol. The average molecular weight is 180 g/mol. The smallest absolute Gasteiger partial charge is 0.331 e. The summed E-state index contributed by atoms with van der Waals surface area (Å²) in [4.78, 5) is 20.6. The summed E-state index contributed by atoms with van der Waals surface area (Å²) >= 11 is 0. The van der Waals surface area contributed by atoms with E-state index in [1.807, 2.05) is 12.2 Å². The van der Waals surface area contributed by atoms with Crippen molar-refractivity contribution in [3.8, 4) is 0 Å². The molecule has 0 bridgehead atoms. The van der Waals surface area contributed by atoms with E-state index < -0.39 is 0 Å². The minimum absolute atomic E-state index is 0.271. The van der Waals surface area contributed by atoms with Gasteiger partial charge in [-0.05, 0) is 18.4 Å². The minimum Gasteiger partial charge on any atom is -0.458 e. The minimum atomic E-state index is -0.271. The molecule has 13 heavy (non-hydrogen) atoms.